The van der Waals surface area contributed by atoms with Crippen molar-refractivity contribution in [1.29, 1.82) is 0 Å². The molecule has 1 aliphatic rings. The molecule has 232 valence electrons. The molecule has 7 unspecified atom stereocenters. The second-order valence-corrected chi connectivity index (χ2v) is 10.5. The minimum Gasteiger partial charge on any atom is -0.394 e. The van der Waals surface area contributed by atoms with E-state index in [0.29, 0.717) is 6.42 Å². The average molecular weight is 570 g/mol. The normalized spacial score (nSPS) is 25.2. The molecular formula is C31H55NO8. The van der Waals surface area contributed by atoms with Gasteiger partial charge in [0.1, 0.15) is 24.4 Å². The predicted octanol–water partition coefficient (Wildman–Crippen LogP) is 3.43. The highest BCUT2D eigenvalue weighted by Crippen LogP contribution is 2.22. The van der Waals surface area contributed by atoms with E-state index in [0.717, 1.165) is 51.4 Å². The van der Waals surface area contributed by atoms with E-state index in [1.165, 1.54) is 25.7 Å². The Balaban J connectivity index is 2.53. The minimum atomic E-state index is -1.57. The first-order chi connectivity index (χ1) is 19.3. The highest BCUT2D eigenvalue weighted by molar-refractivity contribution is 5.76. The smallest absolute Gasteiger partial charge is 0.220 e. The summed E-state index contributed by atoms with van der Waals surface area (Å²) in [5, 5.41) is 53.1. The zero-order chi connectivity index (χ0) is 29.6. The number of nitrogens with one attached hydrogen (secondary N) is 1. The van der Waals surface area contributed by atoms with Gasteiger partial charge in [0.25, 0.3) is 0 Å². The third kappa shape index (κ3) is 15.4. The molecular weight excluding hydrogens is 514 g/mol. The van der Waals surface area contributed by atoms with Crippen molar-refractivity contribution in [2.75, 3.05) is 13.2 Å². The van der Waals surface area contributed by atoms with Gasteiger partial charge in [0.15, 0.2) is 6.29 Å². The number of ether oxygens (including phenoxy) is 2. The summed E-state index contributed by atoms with van der Waals surface area (Å²) in [6.45, 7) is 3.49. The number of rotatable bonds is 22. The second-order valence-electron chi connectivity index (χ2n) is 10.5. The van der Waals surface area contributed by atoms with Crippen LogP contribution in [0.1, 0.15) is 97.3 Å². The number of carbonyl (C=O) groups is 1. The number of amides is 1. The molecule has 0 aromatic rings. The molecule has 0 aliphatic carbocycles. The van der Waals surface area contributed by atoms with Crippen LogP contribution in [-0.2, 0) is 14.3 Å². The van der Waals surface area contributed by atoms with Crippen LogP contribution in [0, 0.1) is 0 Å². The lowest BCUT2D eigenvalue weighted by Gasteiger charge is -2.40. The van der Waals surface area contributed by atoms with Crippen LogP contribution in [0.3, 0.4) is 0 Å². The summed E-state index contributed by atoms with van der Waals surface area (Å²) < 4.78 is 11.0. The summed E-state index contributed by atoms with van der Waals surface area (Å²) in [7, 11) is 0. The fraction of sp³-hybridized carbons (Fsp3) is 0.774. The van der Waals surface area contributed by atoms with Gasteiger partial charge in [-0.05, 0) is 44.9 Å². The van der Waals surface area contributed by atoms with Crippen molar-refractivity contribution < 1.29 is 39.8 Å². The molecule has 1 saturated heterocycles. The van der Waals surface area contributed by atoms with Gasteiger partial charge in [-0.15, -0.1) is 0 Å². The van der Waals surface area contributed by atoms with Gasteiger partial charge < -0.3 is 40.3 Å². The number of allylic oxidation sites excluding steroid dienone is 5. The summed E-state index contributed by atoms with van der Waals surface area (Å²) in [4.78, 5) is 12.4. The number of hydrogen-bond donors (Lipinski definition) is 6. The van der Waals surface area contributed by atoms with E-state index in [2.05, 4.69) is 36.5 Å². The van der Waals surface area contributed by atoms with Crippen LogP contribution in [0.4, 0.5) is 0 Å². The van der Waals surface area contributed by atoms with Crippen molar-refractivity contribution in [2.24, 2.45) is 0 Å². The maximum atomic E-state index is 12.4. The van der Waals surface area contributed by atoms with E-state index in [9.17, 15) is 30.3 Å². The number of unbranched alkanes of at least 4 members (excludes halogenated alkanes) is 8. The SMILES string of the molecule is CCCCCC/C=C/CC/C=C/CC/C=C/C(O)C(COC1OC(CO)C(O)C(O)C1O)NC(=O)CCCCC. The Labute approximate surface area is 241 Å². The summed E-state index contributed by atoms with van der Waals surface area (Å²) in [5.41, 5.74) is 0. The number of aliphatic hydroxyl groups excluding tert-OH is 5. The monoisotopic (exact) mass is 569 g/mol. The number of carbonyl (C=O) groups excluding carboxylic acids is 1. The van der Waals surface area contributed by atoms with E-state index in [-0.39, 0.29) is 12.5 Å². The third-order valence-electron chi connectivity index (χ3n) is 6.95. The van der Waals surface area contributed by atoms with Crippen LogP contribution < -0.4 is 5.32 Å². The van der Waals surface area contributed by atoms with Gasteiger partial charge >= 0.3 is 0 Å². The number of hydrogen-bond acceptors (Lipinski definition) is 8. The maximum Gasteiger partial charge on any atom is 0.220 e. The molecule has 40 heavy (non-hydrogen) atoms. The van der Waals surface area contributed by atoms with Crippen molar-refractivity contribution in [3.05, 3.63) is 36.5 Å². The van der Waals surface area contributed by atoms with E-state index in [1.807, 2.05) is 13.0 Å². The van der Waals surface area contributed by atoms with Gasteiger partial charge in [-0.25, -0.2) is 0 Å². The molecule has 1 fully saturated rings. The fourth-order valence-corrected chi connectivity index (χ4v) is 4.36. The van der Waals surface area contributed by atoms with Gasteiger partial charge in [-0.1, -0.05) is 82.4 Å². The van der Waals surface area contributed by atoms with Crippen molar-refractivity contribution in [1.82, 2.24) is 5.32 Å². The molecule has 0 aromatic heterocycles. The molecule has 0 bridgehead atoms. The van der Waals surface area contributed by atoms with Crippen LogP contribution in [-0.4, -0.2) is 87.5 Å². The fourth-order valence-electron chi connectivity index (χ4n) is 4.36. The molecule has 0 spiro atoms. The Bertz CT molecular complexity index is 726. The first-order valence-electron chi connectivity index (χ1n) is 15.2. The molecule has 1 heterocycles. The zero-order valence-corrected chi connectivity index (χ0v) is 24.6. The van der Waals surface area contributed by atoms with Crippen LogP contribution in [0.5, 0.6) is 0 Å². The van der Waals surface area contributed by atoms with Crippen molar-refractivity contribution >= 4 is 5.91 Å². The van der Waals surface area contributed by atoms with Gasteiger partial charge in [0.05, 0.1) is 25.4 Å². The molecule has 1 aliphatic heterocycles. The lowest BCUT2D eigenvalue weighted by molar-refractivity contribution is -0.302. The van der Waals surface area contributed by atoms with Crippen LogP contribution in [0.2, 0.25) is 0 Å². The van der Waals surface area contributed by atoms with Gasteiger partial charge in [-0.2, -0.15) is 0 Å². The molecule has 6 N–H and O–H groups in total. The van der Waals surface area contributed by atoms with Crippen LogP contribution in [0.25, 0.3) is 0 Å². The largest absolute Gasteiger partial charge is 0.394 e. The topological polar surface area (TPSA) is 149 Å². The zero-order valence-electron chi connectivity index (χ0n) is 24.6. The molecule has 9 heteroatoms. The highest BCUT2D eigenvalue weighted by Gasteiger charge is 2.44. The van der Waals surface area contributed by atoms with E-state index >= 15 is 0 Å². The number of aliphatic hydroxyl groups is 5. The first-order valence-corrected chi connectivity index (χ1v) is 15.2. The Morgan fingerprint density at radius 2 is 1.43 bits per heavy atom. The molecule has 0 aromatic carbocycles. The van der Waals surface area contributed by atoms with Gasteiger partial charge in [-0.3, -0.25) is 4.79 Å². The van der Waals surface area contributed by atoms with E-state index in [4.69, 9.17) is 9.47 Å². The van der Waals surface area contributed by atoms with Gasteiger partial charge in [0, 0.05) is 6.42 Å². The summed E-state index contributed by atoms with van der Waals surface area (Å²) in [6, 6.07) is -0.818. The average Bonchev–Trinajstić information content (AvgIpc) is 2.95. The standard InChI is InChI=1S/C31H55NO8/c1-3-5-7-8-9-10-11-12-13-14-15-16-17-19-20-25(34)24(32-27(35)21-18-6-4-2)23-39-31-30(38)29(37)28(36)26(22-33)40-31/h10-11,14-15,19-20,24-26,28-31,33-34,36-38H,3-9,12-13,16-18,21-23H2,1-2H3,(H,32,35)/b11-10+,15-14+,20-19+. The van der Waals surface area contributed by atoms with E-state index in [1.54, 1.807) is 6.08 Å². The molecule has 0 radical (unpaired) electrons. The molecule has 7 atom stereocenters. The van der Waals surface area contributed by atoms with Crippen LogP contribution in [0.15, 0.2) is 36.5 Å². The lowest BCUT2D eigenvalue weighted by Crippen LogP contribution is -2.60. The quantitative estimate of drug-likeness (QED) is 0.0858. The second kappa shape index (κ2) is 23.0. The Kier molecular flexibility index (Phi) is 21.0. The maximum absolute atomic E-state index is 12.4. The third-order valence-corrected chi connectivity index (χ3v) is 6.95. The molecule has 1 amide bonds. The summed E-state index contributed by atoms with van der Waals surface area (Å²) >= 11 is 0. The Morgan fingerprint density at radius 3 is 2.05 bits per heavy atom. The van der Waals surface area contributed by atoms with Crippen molar-refractivity contribution in [3.63, 3.8) is 0 Å². The lowest BCUT2D eigenvalue weighted by atomic mass is 9.99. The van der Waals surface area contributed by atoms with Crippen molar-refractivity contribution in [3.8, 4) is 0 Å². The van der Waals surface area contributed by atoms with Crippen LogP contribution >= 0.6 is 0 Å². The molecule has 9 nitrogen and oxygen atoms in total. The predicted molar refractivity (Wildman–Crippen MR) is 156 cm³/mol. The first kappa shape index (κ1) is 36.4. The Morgan fingerprint density at radius 1 is 0.825 bits per heavy atom. The summed E-state index contributed by atoms with van der Waals surface area (Å²) in [6.07, 6.45) is 17.0. The van der Waals surface area contributed by atoms with Crippen molar-refractivity contribution in [2.45, 2.75) is 140 Å². The van der Waals surface area contributed by atoms with Gasteiger partial charge in [0.2, 0.25) is 5.91 Å². The highest BCUT2D eigenvalue weighted by atomic mass is 16.7. The van der Waals surface area contributed by atoms with E-state index < -0.39 is 49.5 Å². The Hall–Kier alpha value is -1.59. The summed E-state index contributed by atoms with van der Waals surface area (Å²) in [5.74, 6) is -0.221. The molecule has 0 saturated carbocycles. The molecule has 1 rings (SSSR count). The minimum absolute atomic E-state index is 0.209.